The number of hydrogen-bond acceptors (Lipinski definition) is 4. The second-order valence-electron chi connectivity index (χ2n) is 4.33. The van der Waals surface area contributed by atoms with E-state index in [1.165, 1.54) is 0 Å². The molecule has 1 unspecified atom stereocenters. The van der Waals surface area contributed by atoms with Crippen LogP contribution in [0.5, 0.6) is 0 Å². The maximum Gasteiger partial charge on any atom is 0.144 e. The minimum absolute atomic E-state index is 0.226. The van der Waals surface area contributed by atoms with Gasteiger partial charge < -0.3 is 14.3 Å². The molecule has 3 aromatic rings. The monoisotopic (exact) mass is 288 g/mol. The summed E-state index contributed by atoms with van der Waals surface area (Å²) in [6.07, 6.45) is 5.27. The maximum absolute atomic E-state index is 5.91. The molecule has 5 nitrogen and oxygen atoms in total. The van der Waals surface area contributed by atoms with E-state index in [0.29, 0.717) is 11.0 Å². The molecule has 1 N–H and O–H groups in total. The van der Waals surface area contributed by atoms with Gasteiger partial charge in [-0.3, -0.25) is 0 Å². The molecule has 20 heavy (non-hydrogen) atoms. The highest BCUT2D eigenvalue weighted by atomic mass is 35.5. The van der Waals surface area contributed by atoms with Gasteiger partial charge in [0, 0.05) is 19.4 Å². The summed E-state index contributed by atoms with van der Waals surface area (Å²) < 4.78 is 7.44. The predicted octanol–water partition coefficient (Wildman–Crippen LogP) is 3.26. The Morgan fingerprint density at radius 1 is 1.30 bits per heavy atom. The lowest BCUT2D eigenvalue weighted by Gasteiger charge is -2.17. The first-order valence-electron chi connectivity index (χ1n) is 6.14. The molecule has 0 saturated heterocycles. The van der Waals surface area contributed by atoms with Gasteiger partial charge >= 0.3 is 0 Å². The number of anilines is 1. The van der Waals surface area contributed by atoms with Crippen molar-refractivity contribution in [2.75, 3.05) is 5.32 Å². The number of nitrogens with zero attached hydrogens (tertiary/aromatic N) is 3. The zero-order valence-electron chi connectivity index (χ0n) is 10.8. The third-order valence-electron chi connectivity index (χ3n) is 2.95. The summed E-state index contributed by atoms with van der Waals surface area (Å²) in [5.74, 6) is 2.27. The number of nitrogens with one attached hydrogen (secondary N) is 1. The first-order valence-corrected chi connectivity index (χ1v) is 6.51. The Bertz CT molecular complexity index is 693. The van der Waals surface area contributed by atoms with Crippen molar-refractivity contribution in [2.24, 2.45) is 7.05 Å². The molecule has 0 bridgehead atoms. The van der Waals surface area contributed by atoms with Crippen LogP contribution in [-0.2, 0) is 7.05 Å². The number of pyridine rings is 1. The topological polar surface area (TPSA) is 55.9 Å². The van der Waals surface area contributed by atoms with Crippen molar-refractivity contribution in [3.8, 4) is 0 Å². The number of hydrogen-bond donors (Lipinski definition) is 1. The lowest BCUT2D eigenvalue weighted by atomic mass is 10.2. The molecule has 0 aliphatic carbocycles. The molecule has 102 valence electrons. The molecule has 0 saturated carbocycles. The van der Waals surface area contributed by atoms with Crippen molar-refractivity contribution in [1.82, 2.24) is 14.5 Å². The molecule has 0 aromatic carbocycles. The van der Waals surface area contributed by atoms with E-state index in [9.17, 15) is 0 Å². The molecule has 0 aliphatic rings. The van der Waals surface area contributed by atoms with E-state index in [1.54, 1.807) is 18.5 Å². The zero-order chi connectivity index (χ0) is 13.9. The van der Waals surface area contributed by atoms with Crippen LogP contribution in [0.25, 0.3) is 0 Å². The SMILES string of the molecule is Cn1ccnc1C(Nc1cccc(Cl)n1)c1ccco1. The van der Waals surface area contributed by atoms with E-state index in [4.69, 9.17) is 16.0 Å². The Hall–Kier alpha value is -2.27. The molecule has 3 aromatic heterocycles. The molecule has 3 heterocycles. The van der Waals surface area contributed by atoms with Gasteiger partial charge in [0.25, 0.3) is 0 Å². The maximum atomic E-state index is 5.91. The Kier molecular flexibility index (Phi) is 3.43. The van der Waals surface area contributed by atoms with Crippen LogP contribution in [0.1, 0.15) is 17.6 Å². The fourth-order valence-corrected chi connectivity index (χ4v) is 2.17. The molecule has 3 rings (SSSR count). The zero-order valence-corrected chi connectivity index (χ0v) is 11.6. The van der Waals surface area contributed by atoms with Crippen LogP contribution in [-0.4, -0.2) is 14.5 Å². The fourth-order valence-electron chi connectivity index (χ4n) is 2.01. The summed E-state index contributed by atoms with van der Waals surface area (Å²) >= 11 is 5.91. The standard InChI is InChI=1S/C14H13ClN4O/c1-19-8-7-16-14(19)13(10-4-3-9-20-10)18-12-6-2-5-11(15)17-12/h2-9,13H,1H3,(H,17,18). The number of halogens is 1. The van der Waals surface area contributed by atoms with Gasteiger partial charge in [0.2, 0.25) is 0 Å². The van der Waals surface area contributed by atoms with Gasteiger partial charge in [-0.25, -0.2) is 9.97 Å². The van der Waals surface area contributed by atoms with Crippen molar-refractivity contribution in [2.45, 2.75) is 6.04 Å². The summed E-state index contributed by atoms with van der Waals surface area (Å²) in [4.78, 5) is 8.61. The van der Waals surface area contributed by atoms with Crippen LogP contribution < -0.4 is 5.32 Å². The van der Waals surface area contributed by atoms with Crippen molar-refractivity contribution in [3.63, 3.8) is 0 Å². The first kappa shape index (κ1) is 12.7. The van der Waals surface area contributed by atoms with Gasteiger partial charge in [-0.1, -0.05) is 17.7 Å². The predicted molar refractivity (Wildman–Crippen MR) is 76.6 cm³/mol. The van der Waals surface area contributed by atoms with Gasteiger partial charge in [-0.2, -0.15) is 0 Å². The molecule has 6 heteroatoms. The summed E-state index contributed by atoms with van der Waals surface area (Å²) in [7, 11) is 1.94. The van der Waals surface area contributed by atoms with E-state index in [0.717, 1.165) is 11.6 Å². The molecule has 0 radical (unpaired) electrons. The Morgan fingerprint density at radius 3 is 2.85 bits per heavy atom. The lowest BCUT2D eigenvalue weighted by molar-refractivity contribution is 0.488. The molecule has 0 amide bonds. The van der Waals surface area contributed by atoms with Crippen LogP contribution in [0, 0.1) is 0 Å². The van der Waals surface area contributed by atoms with Gasteiger partial charge in [-0.05, 0) is 24.3 Å². The Balaban J connectivity index is 1.97. The number of aryl methyl sites for hydroxylation is 1. The van der Waals surface area contributed by atoms with Crippen LogP contribution in [0.4, 0.5) is 5.82 Å². The van der Waals surface area contributed by atoms with Gasteiger partial charge in [-0.15, -0.1) is 0 Å². The number of imidazole rings is 1. The van der Waals surface area contributed by atoms with Gasteiger partial charge in [0.1, 0.15) is 28.6 Å². The number of rotatable bonds is 4. The third kappa shape index (κ3) is 2.53. The molecular weight excluding hydrogens is 276 g/mol. The highest BCUT2D eigenvalue weighted by molar-refractivity contribution is 6.29. The van der Waals surface area contributed by atoms with Crippen molar-refractivity contribution in [1.29, 1.82) is 0 Å². The smallest absolute Gasteiger partial charge is 0.144 e. The van der Waals surface area contributed by atoms with Crippen molar-refractivity contribution in [3.05, 3.63) is 65.7 Å². The van der Waals surface area contributed by atoms with Crippen LogP contribution >= 0.6 is 11.6 Å². The van der Waals surface area contributed by atoms with Crippen molar-refractivity contribution >= 4 is 17.4 Å². The van der Waals surface area contributed by atoms with Crippen molar-refractivity contribution < 1.29 is 4.42 Å². The van der Waals surface area contributed by atoms with E-state index < -0.39 is 0 Å². The first-order chi connectivity index (χ1) is 9.74. The van der Waals surface area contributed by atoms with Crippen LogP contribution in [0.2, 0.25) is 5.15 Å². The van der Waals surface area contributed by atoms with Gasteiger partial charge in [0.05, 0.1) is 6.26 Å². The fraction of sp³-hybridized carbons (Fsp3) is 0.143. The summed E-state index contributed by atoms with van der Waals surface area (Å²) in [5.41, 5.74) is 0. The Morgan fingerprint density at radius 2 is 2.20 bits per heavy atom. The Labute approximate surface area is 121 Å². The molecule has 0 fully saturated rings. The van der Waals surface area contributed by atoms with Crippen LogP contribution in [0.3, 0.4) is 0 Å². The molecule has 0 spiro atoms. The normalized spacial score (nSPS) is 12.3. The van der Waals surface area contributed by atoms with E-state index >= 15 is 0 Å². The largest absolute Gasteiger partial charge is 0.467 e. The van der Waals surface area contributed by atoms with Gasteiger partial charge in [0.15, 0.2) is 0 Å². The molecule has 1 atom stereocenters. The van der Waals surface area contributed by atoms with Crippen LogP contribution in [0.15, 0.2) is 53.4 Å². The van der Waals surface area contributed by atoms with E-state index in [2.05, 4.69) is 15.3 Å². The number of aromatic nitrogens is 3. The third-order valence-corrected chi connectivity index (χ3v) is 3.16. The quantitative estimate of drug-likeness (QED) is 0.749. The second-order valence-corrected chi connectivity index (χ2v) is 4.72. The minimum atomic E-state index is -0.226. The molecule has 0 aliphatic heterocycles. The van der Waals surface area contributed by atoms with E-state index in [-0.39, 0.29) is 6.04 Å². The molecular formula is C14H13ClN4O. The summed E-state index contributed by atoms with van der Waals surface area (Å²) in [6, 6.07) is 8.95. The lowest BCUT2D eigenvalue weighted by Crippen LogP contribution is -2.16. The second kappa shape index (κ2) is 5.38. The minimum Gasteiger partial charge on any atom is -0.467 e. The summed E-state index contributed by atoms with van der Waals surface area (Å²) in [6.45, 7) is 0. The number of furan rings is 1. The highest BCUT2D eigenvalue weighted by Gasteiger charge is 2.21. The average Bonchev–Trinajstić information content (AvgIpc) is 3.07. The highest BCUT2D eigenvalue weighted by Crippen LogP contribution is 2.25. The average molecular weight is 289 g/mol. The van der Waals surface area contributed by atoms with E-state index in [1.807, 2.05) is 42.1 Å². The summed E-state index contributed by atoms with van der Waals surface area (Å²) in [5, 5.41) is 3.73.